The van der Waals surface area contributed by atoms with Crippen molar-refractivity contribution < 1.29 is 18.3 Å². The summed E-state index contributed by atoms with van der Waals surface area (Å²) in [6.07, 6.45) is 2.79. The van der Waals surface area contributed by atoms with Crippen LogP contribution in [0, 0.1) is 11.6 Å². The quantitative estimate of drug-likeness (QED) is 0.481. The summed E-state index contributed by atoms with van der Waals surface area (Å²) in [6, 6.07) is 20.3. The minimum Gasteiger partial charge on any atom is -0.365 e. The number of carbonyl (C=O) groups excluding carboxylic acids is 1. The average molecular weight is 477 g/mol. The first-order valence-electron chi connectivity index (χ1n) is 12.3. The summed E-state index contributed by atoms with van der Waals surface area (Å²) >= 11 is 0. The molecule has 35 heavy (non-hydrogen) atoms. The lowest BCUT2D eigenvalue weighted by Crippen LogP contribution is -2.43. The molecule has 1 spiro atoms. The van der Waals surface area contributed by atoms with Gasteiger partial charge >= 0.3 is 0 Å². The standard InChI is InChI=1S/C29H30F2N2O2/c30-24-10-6-21(7-11-24)27(22-8-12-25(31)13-9-22)28(34)32-16-3-17-33-18-14-29(15-19-33)26-5-2-1-4-23(26)20-35-29/h1-2,4-13,27H,3,14-20H2,(H,32,34). The van der Waals surface area contributed by atoms with Gasteiger partial charge in [0.2, 0.25) is 5.91 Å². The van der Waals surface area contributed by atoms with Gasteiger partial charge in [-0.25, -0.2) is 8.78 Å². The molecular weight excluding hydrogens is 446 g/mol. The molecule has 2 aliphatic rings. The van der Waals surface area contributed by atoms with Crippen molar-refractivity contribution in [2.75, 3.05) is 26.2 Å². The highest BCUT2D eigenvalue weighted by Crippen LogP contribution is 2.43. The van der Waals surface area contributed by atoms with Gasteiger partial charge in [0.25, 0.3) is 0 Å². The number of halogens is 2. The summed E-state index contributed by atoms with van der Waals surface area (Å²) in [6.45, 7) is 4.08. The number of ether oxygens (including phenoxy) is 1. The van der Waals surface area contributed by atoms with E-state index in [1.165, 1.54) is 35.4 Å². The predicted molar refractivity (Wildman–Crippen MR) is 131 cm³/mol. The zero-order valence-corrected chi connectivity index (χ0v) is 19.7. The number of fused-ring (bicyclic) bond motifs is 2. The molecule has 0 unspecified atom stereocenters. The fourth-order valence-corrected chi connectivity index (χ4v) is 5.36. The zero-order chi connectivity index (χ0) is 24.3. The second-order valence-corrected chi connectivity index (χ2v) is 9.46. The van der Waals surface area contributed by atoms with Crippen molar-refractivity contribution >= 4 is 5.91 Å². The minimum absolute atomic E-state index is 0.140. The van der Waals surface area contributed by atoms with Crippen molar-refractivity contribution in [3.05, 3.63) is 107 Å². The Balaban J connectivity index is 1.14. The zero-order valence-electron chi connectivity index (χ0n) is 19.7. The summed E-state index contributed by atoms with van der Waals surface area (Å²) in [5.74, 6) is -1.51. The molecule has 3 aromatic carbocycles. The molecule has 1 amide bonds. The number of rotatable bonds is 7. The maximum atomic E-state index is 13.4. The van der Waals surface area contributed by atoms with Crippen LogP contribution < -0.4 is 5.32 Å². The Morgan fingerprint density at radius 2 is 1.51 bits per heavy atom. The van der Waals surface area contributed by atoms with E-state index < -0.39 is 5.92 Å². The van der Waals surface area contributed by atoms with Gasteiger partial charge < -0.3 is 15.0 Å². The van der Waals surface area contributed by atoms with E-state index in [1.807, 2.05) is 0 Å². The molecule has 2 heterocycles. The van der Waals surface area contributed by atoms with Crippen LogP contribution in [0.2, 0.25) is 0 Å². The van der Waals surface area contributed by atoms with Crippen molar-refractivity contribution in [3.8, 4) is 0 Å². The van der Waals surface area contributed by atoms with E-state index in [0.717, 1.165) is 38.9 Å². The molecule has 1 saturated heterocycles. The van der Waals surface area contributed by atoms with E-state index >= 15 is 0 Å². The lowest BCUT2D eigenvalue weighted by atomic mass is 9.84. The Hall–Kier alpha value is -3.09. The fraction of sp³-hybridized carbons (Fsp3) is 0.345. The van der Waals surface area contributed by atoms with Gasteiger partial charge in [0.1, 0.15) is 11.6 Å². The van der Waals surface area contributed by atoms with E-state index in [-0.39, 0.29) is 23.1 Å². The first-order chi connectivity index (χ1) is 17.0. The van der Waals surface area contributed by atoms with E-state index in [9.17, 15) is 13.6 Å². The third kappa shape index (κ3) is 5.14. The van der Waals surface area contributed by atoms with Crippen LogP contribution in [0.1, 0.15) is 47.4 Å². The minimum atomic E-state index is -0.620. The average Bonchev–Trinajstić information content (AvgIpc) is 3.24. The Bertz CT molecular complexity index is 1110. The number of carbonyl (C=O) groups is 1. The largest absolute Gasteiger partial charge is 0.365 e. The number of hydrogen-bond donors (Lipinski definition) is 1. The number of nitrogens with zero attached hydrogens (tertiary/aromatic N) is 1. The monoisotopic (exact) mass is 476 g/mol. The number of benzene rings is 3. The van der Waals surface area contributed by atoms with E-state index in [0.29, 0.717) is 24.3 Å². The Morgan fingerprint density at radius 3 is 2.14 bits per heavy atom. The van der Waals surface area contributed by atoms with E-state index in [2.05, 4.69) is 34.5 Å². The predicted octanol–water partition coefficient (Wildman–Crippen LogP) is 5.12. The number of amides is 1. The molecule has 0 atom stereocenters. The first kappa shape index (κ1) is 23.6. The molecule has 182 valence electrons. The van der Waals surface area contributed by atoms with Gasteiger partial charge in [-0.1, -0.05) is 48.5 Å². The van der Waals surface area contributed by atoms with Gasteiger partial charge in [-0.05, 0) is 72.3 Å². The van der Waals surface area contributed by atoms with Gasteiger partial charge in [0, 0.05) is 19.6 Å². The molecule has 0 aromatic heterocycles. The number of hydrogen-bond acceptors (Lipinski definition) is 3. The van der Waals surface area contributed by atoms with Crippen LogP contribution >= 0.6 is 0 Å². The van der Waals surface area contributed by atoms with Crippen molar-refractivity contribution in [2.24, 2.45) is 0 Å². The lowest BCUT2D eigenvalue weighted by Gasteiger charge is -2.39. The second kappa shape index (κ2) is 10.3. The lowest BCUT2D eigenvalue weighted by molar-refractivity contribution is -0.121. The highest BCUT2D eigenvalue weighted by atomic mass is 19.1. The first-order valence-corrected chi connectivity index (χ1v) is 12.3. The molecule has 3 aromatic rings. The fourth-order valence-electron chi connectivity index (χ4n) is 5.36. The van der Waals surface area contributed by atoms with Crippen LogP contribution in [-0.4, -0.2) is 37.0 Å². The van der Waals surface area contributed by atoms with Gasteiger partial charge in [-0.3, -0.25) is 4.79 Å². The van der Waals surface area contributed by atoms with Crippen LogP contribution in [0.4, 0.5) is 8.78 Å². The van der Waals surface area contributed by atoms with Crippen molar-refractivity contribution in [2.45, 2.75) is 37.4 Å². The van der Waals surface area contributed by atoms with Crippen LogP contribution in [0.5, 0.6) is 0 Å². The molecule has 6 heteroatoms. The summed E-state index contributed by atoms with van der Waals surface area (Å²) in [5.41, 5.74) is 3.86. The smallest absolute Gasteiger partial charge is 0.232 e. The summed E-state index contributed by atoms with van der Waals surface area (Å²) in [4.78, 5) is 15.6. The number of piperidine rings is 1. The molecule has 2 aliphatic heterocycles. The van der Waals surface area contributed by atoms with Gasteiger partial charge in [0.15, 0.2) is 0 Å². The number of likely N-dealkylation sites (tertiary alicyclic amines) is 1. The molecule has 0 bridgehead atoms. The summed E-state index contributed by atoms with van der Waals surface area (Å²) in [5, 5.41) is 3.03. The highest BCUT2D eigenvalue weighted by Gasteiger charge is 2.42. The maximum Gasteiger partial charge on any atom is 0.232 e. The van der Waals surface area contributed by atoms with Gasteiger partial charge in [-0.2, -0.15) is 0 Å². The Labute approximate surface area is 204 Å². The summed E-state index contributed by atoms with van der Waals surface area (Å²) < 4.78 is 33.1. The van der Waals surface area contributed by atoms with E-state index in [1.54, 1.807) is 24.3 Å². The molecule has 0 saturated carbocycles. The van der Waals surface area contributed by atoms with Crippen molar-refractivity contribution in [1.29, 1.82) is 0 Å². The molecule has 1 N–H and O–H groups in total. The third-order valence-electron chi connectivity index (χ3n) is 7.30. The maximum absolute atomic E-state index is 13.4. The highest BCUT2D eigenvalue weighted by molar-refractivity contribution is 5.87. The second-order valence-electron chi connectivity index (χ2n) is 9.46. The molecule has 0 aliphatic carbocycles. The van der Waals surface area contributed by atoms with Crippen LogP contribution in [0.3, 0.4) is 0 Å². The Morgan fingerprint density at radius 1 is 0.914 bits per heavy atom. The van der Waals surface area contributed by atoms with E-state index in [4.69, 9.17) is 4.74 Å². The molecule has 5 rings (SSSR count). The van der Waals surface area contributed by atoms with Crippen LogP contribution in [0.25, 0.3) is 0 Å². The van der Waals surface area contributed by atoms with Gasteiger partial charge in [-0.15, -0.1) is 0 Å². The van der Waals surface area contributed by atoms with Crippen molar-refractivity contribution in [1.82, 2.24) is 10.2 Å². The normalized spacial score (nSPS) is 17.0. The van der Waals surface area contributed by atoms with Gasteiger partial charge in [0.05, 0.1) is 18.1 Å². The SMILES string of the molecule is O=C(NCCCN1CCC2(CC1)OCc1ccccc12)C(c1ccc(F)cc1)c1ccc(F)cc1. The van der Waals surface area contributed by atoms with Crippen molar-refractivity contribution in [3.63, 3.8) is 0 Å². The topological polar surface area (TPSA) is 41.6 Å². The third-order valence-corrected chi connectivity index (χ3v) is 7.30. The molecule has 1 fully saturated rings. The van der Waals surface area contributed by atoms with Crippen LogP contribution in [0.15, 0.2) is 72.8 Å². The number of nitrogens with one attached hydrogen (secondary N) is 1. The molecule has 0 radical (unpaired) electrons. The molecular formula is C29H30F2N2O2. The van der Waals surface area contributed by atoms with Crippen LogP contribution in [-0.2, 0) is 21.7 Å². The Kier molecular flexibility index (Phi) is 6.93. The summed E-state index contributed by atoms with van der Waals surface area (Å²) in [7, 11) is 0. The molecule has 4 nitrogen and oxygen atoms in total.